The summed E-state index contributed by atoms with van der Waals surface area (Å²) in [6.07, 6.45) is 1.34. The highest BCUT2D eigenvalue weighted by molar-refractivity contribution is 6.32. The Bertz CT molecular complexity index is 564. The third-order valence-corrected chi connectivity index (χ3v) is 2.16. The number of nitrogens with one attached hydrogen (secondary N) is 1. The van der Waals surface area contributed by atoms with Crippen molar-refractivity contribution in [2.24, 2.45) is 0 Å². The summed E-state index contributed by atoms with van der Waals surface area (Å²) in [7, 11) is 0. The molecule has 94 valence electrons. The van der Waals surface area contributed by atoms with Crippen LogP contribution in [0.15, 0.2) is 12.4 Å². The molecule has 0 saturated heterocycles. The van der Waals surface area contributed by atoms with Crippen LogP contribution in [0.4, 0.5) is 11.8 Å². The van der Waals surface area contributed by atoms with E-state index in [0.29, 0.717) is 0 Å². The number of anilines is 2. The number of rotatable bonds is 3. The lowest BCUT2D eigenvalue weighted by atomic mass is 10.5. The molecule has 0 aliphatic heterocycles. The molecule has 0 bridgehead atoms. The minimum Gasteiger partial charge on any atom is -0.367 e. The quantitative estimate of drug-likeness (QED) is 0.631. The van der Waals surface area contributed by atoms with Crippen molar-refractivity contribution in [1.82, 2.24) is 24.7 Å². The molecule has 0 aliphatic carbocycles. The number of nitrogens with zero attached hydrogens (tertiary/aromatic N) is 5. The van der Waals surface area contributed by atoms with E-state index < -0.39 is 0 Å². The third-order valence-electron chi connectivity index (χ3n) is 1.79. The molecule has 0 fully saturated rings. The normalized spacial score (nSPS) is 10.3. The van der Waals surface area contributed by atoms with Gasteiger partial charge in [-0.05, 0) is 11.6 Å². The van der Waals surface area contributed by atoms with Crippen LogP contribution >= 0.6 is 23.2 Å². The van der Waals surface area contributed by atoms with Gasteiger partial charge in [0.15, 0.2) is 0 Å². The van der Waals surface area contributed by atoms with E-state index >= 15 is 0 Å². The average molecular weight is 288 g/mol. The smallest absolute Gasteiger partial charge is 0.247 e. The molecule has 0 unspecified atom stereocenters. The Morgan fingerprint density at radius 3 is 2.83 bits per heavy atom. The summed E-state index contributed by atoms with van der Waals surface area (Å²) in [5, 5.41) is 6.34. The van der Waals surface area contributed by atoms with Gasteiger partial charge in [0.2, 0.25) is 17.1 Å². The van der Waals surface area contributed by atoms with Gasteiger partial charge in [-0.3, -0.25) is 4.79 Å². The van der Waals surface area contributed by atoms with Crippen LogP contribution in [-0.4, -0.2) is 30.6 Å². The zero-order valence-electron chi connectivity index (χ0n) is 8.84. The van der Waals surface area contributed by atoms with Gasteiger partial charge in [-0.25, -0.2) is 19.6 Å². The van der Waals surface area contributed by atoms with Gasteiger partial charge in [0.05, 0.1) is 0 Å². The number of nitrogens with two attached hydrogens (primary N) is 1. The maximum atomic E-state index is 11.6. The van der Waals surface area contributed by atoms with Gasteiger partial charge in [-0.1, -0.05) is 11.6 Å². The summed E-state index contributed by atoms with van der Waals surface area (Å²) in [5.74, 6) is -0.0697. The summed E-state index contributed by atoms with van der Waals surface area (Å²) in [5.41, 5.74) is 5.32. The van der Waals surface area contributed by atoms with E-state index in [0.717, 1.165) is 0 Å². The first-order chi connectivity index (χ1) is 8.52. The van der Waals surface area contributed by atoms with Crippen molar-refractivity contribution in [3.63, 3.8) is 0 Å². The second-order valence-corrected chi connectivity index (χ2v) is 3.92. The lowest BCUT2D eigenvalue weighted by Gasteiger charge is -2.04. The summed E-state index contributed by atoms with van der Waals surface area (Å²) in [4.78, 5) is 22.8. The molecular formula is C8H7Cl2N7O. The highest BCUT2D eigenvalue weighted by Gasteiger charge is 2.08. The van der Waals surface area contributed by atoms with Crippen LogP contribution in [0.1, 0.15) is 0 Å². The maximum absolute atomic E-state index is 11.6. The minimum absolute atomic E-state index is 0.0521. The minimum atomic E-state index is -0.370. The molecule has 0 saturated carbocycles. The topological polar surface area (TPSA) is 112 Å². The fourth-order valence-electron chi connectivity index (χ4n) is 1.17. The zero-order chi connectivity index (χ0) is 13.1. The molecule has 18 heavy (non-hydrogen) atoms. The number of halogens is 2. The van der Waals surface area contributed by atoms with Crippen LogP contribution < -0.4 is 11.1 Å². The number of hydrogen-bond acceptors (Lipinski definition) is 6. The number of aromatic nitrogens is 5. The van der Waals surface area contributed by atoms with Gasteiger partial charge in [-0.2, -0.15) is 0 Å². The molecule has 8 nitrogen and oxygen atoms in total. The van der Waals surface area contributed by atoms with Crippen LogP contribution in [0.25, 0.3) is 0 Å². The number of carbonyl (C=O) groups excluding carboxylic acids is 1. The van der Waals surface area contributed by atoms with Crippen LogP contribution in [0.5, 0.6) is 0 Å². The van der Waals surface area contributed by atoms with Gasteiger partial charge < -0.3 is 11.1 Å². The average Bonchev–Trinajstić information content (AvgIpc) is 2.61. The van der Waals surface area contributed by atoms with Crippen molar-refractivity contribution in [1.29, 1.82) is 0 Å². The molecule has 2 aromatic heterocycles. The van der Waals surface area contributed by atoms with Crippen LogP contribution in [0.3, 0.4) is 0 Å². The van der Waals surface area contributed by atoms with E-state index in [9.17, 15) is 4.79 Å². The molecule has 1 amide bonds. The molecule has 10 heteroatoms. The van der Waals surface area contributed by atoms with Crippen molar-refractivity contribution in [2.45, 2.75) is 6.54 Å². The Morgan fingerprint density at radius 1 is 1.44 bits per heavy atom. The molecule has 0 atom stereocenters. The largest absolute Gasteiger partial charge is 0.367 e. The van der Waals surface area contributed by atoms with E-state index in [4.69, 9.17) is 28.9 Å². The van der Waals surface area contributed by atoms with Gasteiger partial charge >= 0.3 is 0 Å². The molecule has 0 spiro atoms. The third kappa shape index (κ3) is 3.28. The monoisotopic (exact) mass is 287 g/mol. The molecule has 0 radical (unpaired) electrons. The molecule has 2 rings (SSSR count). The SMILES string of the molecule is Nc1ncn(CC(=O)Nc2cc(Cl)nc(Cl)n2)n1. The van der Waals surface area contributed by atoms with Crippen molar-refractivity contribution in [2.75, 3.05) is 11.1 Å². The number of hydrogen-bond donors (Lipinski definition) is 2. The number of nitrogen functional groups attached to an aromatic ring is 1. The summed E-state index contributed by atoms with van der Waals surface area (Å²) in [6, 6.07) is 1.38. The molecule has 3 N–H and O–H groups in total. The van der Waals surface area contributed by atoms with E-state index in [2.05, 4.69) is 25.4 Å². The van der Waals surface area contributed by atoms with E-state index in [1.807, 2.05) is 0 Å². The van der Waals surface area contributed by atoms with Crippen molar-refractivity contribution >= 4 is 40.9 Å². The van der Waals surface area contributed by atoms with Crippen LogP contribution in [-0.2, 0) is 11.3 Å². The van der Waals surface area contributed by atoms with Gasteiger partial charge in [-0.15, -0.1) is 5.10 Å². The predicted molar refractivity (Wildman–Crippen MR) is 65.1 cm³/mol. The second kappa shape index (κ2) is 5.15. The fourth-order valence-corrected chi connectivity index (χ4v) is 1.58. The summed E-state index contributed by atoms with van der Waals surface area (Å²) < 4.78 is 1.29. The van der Waals surface area contributed by atoms with E-state index in [1.165, 1.54) is 17.1 Å². The highest BCUT2D eigenvalue weighted by atomic mass is 35.5. The first-order valence-corrected chi connectivity index (χ1v) is 5.43. The molecule has 0 aliphatic rings. The summed E-state index contributed by atoms with van der Waals surface area (Å²) >= 11 is 11.3. The second-order valence-electron chi connectivity index (χ2n) is 3.19. The van der Waals surface area contributed by atoms with Gasteiger partial charge in [0.1, 0.15) is 23.8 Å². The standard InChI is InChI=1S/C8H7Cl2N7O/c9-4-1-5(15-7(10)13-4)14-6(18)2-17-3-12-8(11)16-17/h1,3H,2H2,(H2,11,16)(H,13,14,15,18). The number of amides is 1. The molecule has 2 heterocycles. The molecule has 0 aromatic carbocycles. The molecular weight excluding hydrogens is 281 g/mol. The highest BCUT2D eigenvalue weighted by Crippen LogP contribution is 2.14. The van der Waals surface area contributed by atoms with Gasteiger partial charge in [0.25, 0.3) is 0 Å². The Morgan fingerprint density at radius 2 is 2.22 bits per heavy atom. The van der Waals surface area contributed by atoms with Crippen molar-refractivity contribution in [3.8, 4) is 0 Å². The zero-order valence-corrected chi connectivity index (χ0v) is 10.4. The first-order valence-electron chi connectivity index (χ1n) is 4.68. The fraction of sp³-hybridized carbons (Fsp3) is 0.125. The first kappa shape index (κ1) is 12.5. The van der Waals surface area contributed by atoms with Crippen molar-refractivity contribution < 1.29 is 4.79 Å². The maximum Gasteiger partial charge on any atom is 0.247 e. The number of carbonyl (C=O) groups is 1. The lowest BCUT2D eigenvalue weighted by molar-refractivity contribution is -0.116. The van der Waals surface area contributed by atoms with Crippen molar-refractivity contribution in [3.05, 3.63) is 22.8 Å². The Balaban J connectivity index is 2.02. The van der Waals surface area contributed by atoms with Gasteiger partial charge in [0, 0.05) is 6.07 Å². The lowest BCUT2D eigenvalue weighted by Crippen LogP contribution is -2.20. The Hall–Kier alpha value is -1.93. The summed E-state index contributed by atoms with van der Waals surface area (Å²) in [6.45, 7) is -0.0521. The van der Waals surface area contributed by atoms with Crippen LogP contribution in [0, 0.1) is 0 Å². The van der Waals surface area contributed by atoms with E-state index in [-0.39, 0.29) is 34.7 Å². The Kier molecular flexibility index (Phi) is 3.58. The predicted octanol–water partition coefficient (Wildman–Crippen LogP) is 0.596. The van der Waals surface area contributed by atoms with Crippen LogP contribution in [0.2, 0.25) is 10.4 Å². The Labute approximate surface area is 111 Å². The molecule has 2 aromatic rings. The van der Waals surface area contributed by atoms with E-state index in [1.54, 1.807) is 0 Å².